The van der Waals surface area contributed by atoms with Crippen molar-refractivity contribution in [3.8, 4) is 0 Å². The summed E-state index contributed by atoms with van der Waals surface area (Å²) < 4.78 is 0.531. The lowest BCUT2D eigenvalue weighted by atomic mass is 10.1. The summed E-state index contributed by atoms with van der Waals surface area (Å²) in [6, 6.07) is 0. The molecule has 1 heterocycles. The van der Waals surface area contributed by atoms with E-state index < -0.39 is 12.2 Å². The van der Waals surface area contributed by atoms with Gasteiger partial charge in [-0.25, -0.2) is 4.98 Å². The molecule has 0 aliphatic rings. The lowest BCUT2D eigenvalue weighted by Gasteiger charge is -2.14. The Morgan fingerprint density at radius 3 is 2.73 bits per heavy atom. The zero-order chi connectivity index (χ0) is 11.3. The predicted molar refractivity (Wildman–Crippen MR) is 54.7 cm³/mol. The van der Waals surface area contributed by atoms with E-state index in [1.165, 1.54) is 12.4 Å². The van der Waals surface area contributed by atoms with Gasteiger partial charge in [-0.05, 0) is 21.5 Å². The SMILES string of the molecule is [N-]=[N+]=NCC(O)C(O)c1cnc(Br)cn1. The van der Waals surface area contributed by atoms with Crippen LogP contribution in [0.1, 0.15) is 11.8 Å². The molecule has 0 bridgehead atoms. The average molecular weight is 274 g/mol. The van der Waals surface area contributed by atoms with E-state index in [0.29, 0.717) is 4.60 Å². The standard InChI is InChI=1S/C7H8BrN5O2/c8-6-3-10-4(1-11-6)7(15)5(14)2-12-13-9/h1,3,5,7,14-15H,2H2. The van der Waals surface area contributed by atoms with Crippen molar-refractivity contribution < 1.29 is 10.2 Å². The maximum Gasteiger partial charge on any atom is 0.124 e. The van der Waals surface area contributed by atoms with Crippen LogP contribution in [0.15, 0.2) is 22.1 Å². The van der Waals surface area contributed by atoms with Crippen molar-refractivity contribution in [1.82, 2.24) is 9.97 Å². The van der Waals surface area contributed by atoms with Gasteiger partial charge in [-0.15, -0.1) is 0 Å². The van der Waals surface area contributed by atoms with E-state index in [9.17, 15) is 10.2 Å². The third-order valence-corrected chi connectivity index (χ3v) is 2.05. The monoisotopic (exact) mass is 273 g/mol. The van der Waals surface area contributed by atoms with Crippen LogP contribution in [-0.4, -0.2) is 32.8 Å². The van der Waals surface area contributed by atoms with Crippen LogP contribution in [0.3, 0.4) is 0 Å². The van der Waals surface area contributed by atoms with Crippen molar-refractivity contribution >= 4 is 15.9 Å². The summed E-state index contributed by atoms with van der Waals surface area (Å²) in [5.41, 5.74) is 8.26. The molecule has 7 nitrogen and oxygen atoms in total. The quantitative estimate of drug-likeness (QED) is 0.483. The van der Waals surface area contributed by atoms with Crippen molar-refractivity contribution in [2.75, 3.05) is 6.54 Å². The molecule has 2 atom stereocenters. The highest BCUT2D eigenvalue weighted by Crippen LogP contribution is 2.15. The van der Waals surface area contributed by atoms with Crippen LogP contribution in [0.2, 0.25) is 0 Å². The van der Waals surface area contributed by atoms with Gasteiger partial charge < -0.3 is 10.2 Å². The number of aliphatic hydroxyl groups is 2. The molecule has 8 heteroatoms. The number of nitrogens with zero attached hydrogens (tertiary/aromatic N) is 5. The van der Waals surface area contributed by atoms with Gasteiger partial charge in [0.25, 0.3) is 0 Å². The van der Waals surface area contributed by atoms with Crippen molar-refractivity contribution in [1.29, 1.82) is 0 Å². The minimum absolute atomic E-state index is 0.213. The fourth-order valence-corrected chi connectivity index (χ4v) is 1.10. The molecule has 0 saturated heterocycles. The molecule has 1 rings (SSSR count). The van der Waals surface area contributed by atoms with Gasteiger partial charge in [-0.2, -0.15) is 0 Å². The molecular formula is C7H8BrN5O2. The summed E-state index contributed by atoms with van der Waals surface area (Å²) >= 11 is 3.09. The van der Waals surface area contributed by atoms with E-state index in [-0.39, 0.29) is 12.2 Å². The molecule has 0 radical (unpaired) electrons. The number of aromatic nitrogens is 2. The normalized spacial score (nSPS) is 14.1. The topological polar surface area (TPSA) is 115 Å². The van der Waals surface area contributed by atoms with Gasteiger partial charge >= 0.3 is 0 Å². The Morgan fingerprint density at radius 1 is 1.47 bits per heavy atom. The summed E-state index contributed by atoms with van der Waals surface area (Å²) in [7, 11) is 0. The lowest BCUT2D eigenvalue weighted by Crippen LogP contribution is -2.22. The number of azide groups is 1. The third-order valence-electron chi connectivity index (χ3n) is 1.64. The van der Waals surface area contributed by atoms with Gasteiger partial charge in [0.15, 0.2) is 0 Å². The number of hydrogen-bond donors (Lipinski definition) is 2. The van der Waals surface area contributed by atoms with E-state index in [2.05, 4.69) is 35.9 Å². The molecule has 0 saturated carbocycles. The summed E-state index contributed by atoms with van der Waals surface area (Å²) in [4.78, 5) is 10.2. The van der Waals surface area contributed by atoms with Gasteiger partial charge in [0.1, 0.15) is 10.7 Å². The molecule has 0 aliphatic heterocycles. The smallest absolute Gasteiger partial charge is 0.124 e. The highest BCUT2D eigenvalue weighted by molar-refractivity contribution is 9.10. The molecule has 0 amide bonds. The van der Waals surface area contributed by atoms with E-state index >= 15 is 0 Å². The molecule has 0 aromatic carbocycles. The van der Waals surface area contributed by atoms with Crippen LogP contribution < -0.4 is 0 Å². The Kier molecular flexibility index (Phi) is 4.44. The van der Waals surface area contributed by atoms with Gasteiger partial charge in [0, 0.05) is 4.91 Å². The van der Waals surface area contributed by atoms with Crippen LogP contribution >= 0.6 is 15.9 Å². The van der Waals surface area contributed by atoms with Crippen LogP contribution in [0, 0.1) is 0 Å². The number of aliphatic hydroxyl groups excluding tert-OH is 2. The van der Waals surface area contributed by atoms with Gasteiger partial charge in [0.05, 0.1) is 30.7 Å². The third kappa shape index (κ3) is 3.45. The molecule has 15 heavy (non-hydrogen) atoms. The Hall–Kier alpha value is -1.21. The highest BCUT2D eigenvalue weighted by Gasteiger charge is 2.18. The largest absolute Gasteiger partial charge is 0.390 e. The maximum atomic E-state index is 9.56. The van der Waals surface area contributed by atoms with Crippen molar-refractivity contribution in [3.63, 3.8) is 0 Å². The van der Waals surface area contributed by atoms with E-state index in [0.717, 1.165) is 0 Å². The number of hydrogen-bond acceptors (Lipinski definition) is 5. The zero-order valence-electron chi connectivity index (χ0n) is 7.52. The fourth-order valence-electron chi connectivity index (χ4n) is 0.892. The van der Waals surface area contributed by atoms with Crippen molar-refractivity contribution in [2.24, 2.45) is 5.11 Å². The molecule has 2 N–H and O–H groups in total. The molecule has 0 aliphatic carbocycles. The van der Waals surface area contributed by atoms with Crippen LogP contribution in [0.4, 0.5) is 0 Å². The van der Waals surface area contributed by atoms with Crippen LogP contribution in [0.25, 0.3) is 10.4 Å². The first-order valence-electron chi connectivity index (χ1n) is 3.99. The Morgan fingerprint density at radius 2 is 2.20 bits per heavy atom. The first kappa shape index (κ1) is 11.9. The molecule has 80 valence electrons. The van der Waals surface area contributed by atoms with E-state index in [1.807, 2.05) is 0 Å². The van der Waals surface area contributed by atoms with Gasteiger partial charge in [0.2, 0.25) is 0 Å². The van der Waals surface area contributed by atoms with Gasteiger partial charge in [-0.3, -0.25) is 4.98 Å². The van der Waals surface area contributed by atoms with Gasteiger partial charge in [-0.1, -0.05) is 5.11 Å². The minimum atomic E-state index is -1.21. The molecule has 0 spiro atoms. The summed E-state index contributed by atoms with van der Waals surface area (Å²) in [5, 5.41) is 22.1. The maximum absolute atomic E-state index is 9.56. The first-order chi connectivity index (χ1) is 7.15. The second-order valence-corrected chi connectivity index (χ2v) is 3.50. The summed E-state index contributed by atoms with van der Waals surface area (Å²) in [6.07, 6.45) is 0.333. The molecule has 1 aromatic heterocycles. The fraction of sp³-hybridized carbons (Fsp3) is 0.429. The lowest BCUT2D eigenvalue weighted by molar-refractivity contribution is 0.0215. The Balaban J connectivity index is 2.70. The number of halogens is 1. The molecule has 1 aromatic rings. The summed E-state index contributed by atoms with van der Waals surface area (Å²) in [6.45, 7) is -0.213. The number of rotatable bonds is 4. The van der Waals surface area contributed by atoms with Crippen LogP contribution in [0.5, 0.6) is 0 Å². The Bertz CT molecular complexity index is 364. The Labute approximate surface area is 93.6 Å². The minimum Gasteiger partial charge on any atom is -0.390 e. The van der Waals surface area contributed by atoms with E-state index in [4.69, 9.17) is 5.53 Å². The highest BCUT2D eigenvalue weighted by atomic mass is 79.9. The zero-order valence-corrected chi connectivity index (χ0v) is 9.11. The second-order valence-electron chi connectivity index (χ2n) is 2.69. The molecule has 2 unspecified atom stereocenters. The molecule has 0 fully saturated rings. The van der Waals surface area contributed by atoms with Crippen molar-refractivity contribution in [2.45, 2.75) is 12.2 Å². The molecular weight excluding hydrogens is 266 g/mol. The van der Waals surface area contributed by atoms with Crippen molar-refractivity contribution in [3.05, 3.63) is 33.1 Å². The predicted octanol–water partition coefficient (Wildman–Crippen LogP) is 0.944. The second kappa shape index (κ2) is 5.62. The average Bonchev–Trinajstić information content (AvgIpc) is 2.26. The first-order valence-corrected chi connectivity index (χ1v) is 4.79. The van der Waals surface area contributed by atoms with Crippen LogP contribution in [-0.2, 0) is 0 Å². The summed E-state index contributed by atoms with van der Waals surface area (Å²) in [5.74, 6) is 0. The van der Waals surface area contributed by atoms with E-state index in [1.54, 1.807) is 0 Å².